The molecule has 0 fully saturated rings. The second kappa shape index (κ2) is 6.87. The first-order valence-electron chi connectivity index (χ1n) is 6.71. The third-order valence-corrected chi connectivity index (χ3v) is 5.35. The molecule has 0 unspecified atom stereocenters. The molecule has 0 aliphatic rings. The molecule has 3 aromatic rings. The van der Waals surface area contributed by atoms with Crippen molar-refractivity contribution in [3.63, 3.8) is 0 Å². The maximum atomic E-state index is 2.28. The number of rotatable bonds is 5. The summed E-state index contributed by atoms with van der Waals surface area (Å²) in [7, 11) is 0. The third-order valence-electron chi connectivity index (χ3n) is 3.08. The van der Waals surface area contributed by atoms with Crippen molar-refractivity contribution in [1.82, 2.24) is 0 Å². The summed E-state index contributed by atoms with van der Waals surface area (Å²) in [6.07, 6.45) is 0. The molecule has 0 radical (unpaired) electrons. The Labute approximate surface area is 128 Å². The van der Waals surface area contributed by atoms with Crippen LogP contribution in [0.5, 0.6) is 0 Å². The van der Waals surface area contributed by atoms with Crippen molar-refractivity contribution in [1.29, 1.82) is 0 Å². The van der Waals surface area contributed by atoms with E-state index >= 15 is 0 Å². The first-order chi connectivity index (χ1) is 9.92. The second-order valence-electron chi connectivity index (χ2n) is 4.52. The monoisotopic (exact) mass is 296 g/mol. The fourth-order valence-corrected chi connectivity index (χ4v) is 3.96. The van der Waals surface area contributed by atoms with Crippen molar-refractivity contribution in [3.8, 4) is 0 Å². The highest BCUT2D eigenvalue weighted by Gasteiger charge is 1.98. The topological polar surface area (TPSA) is 0 Å². The second-order valence-corrected chi connectivity index (χ2v) is 6.86. The zero-order valence-corrected chi connectivity index (χ0v) is 12.8. The normalized spacial score (nSPS) is 10.8. The van der Waals surface area contributed by atoms with Crippen LogP contribution in [0, 0.1) is 0 Å². The average Bonchev–Trinajstić information content (AvgIpc) is 2.52. The molecule has 100 valence electrons. The summed E-state index contributed by atoms with van der Waals surface area (Å²) < 4.78 is 0. The van der Waals surface area contributed by atoms with Gasteiger partial charge in [-0.15, -0.1) is 23.5 Å². The van der Waals surface area contributed by atoms with E-state index in [9.17, 15) is 0 Å². The van der Waals surface area contributed by atoms with Crippen LogP contribution in [-0.4, -0.2) is 11.5 Å². The first-order valence-corrected chi connectivity index (χ1v) is 8.68. The SMILES string of the molecule is c1ccc(SCCSc2ccc3ccccc3c2)cc1. The van der Waals surface area contributed by atoms with Crippen LogP contribution < -0.4 is 0 Å². The molecule has 20 heavy (non-hydrogen) atoms. The minimum atomic E-state index is 1.14. The van der Waals surface area contributed by atoms with Gasteiger partial charge in [0.25, 0.3) is 0 Å². The number of benzene rings is 3. The van der Waals surface area contributed by atoms with E-state index in [0.717, 1.165) is 11.5 Å². The Morgan fingerprint density at radius 1 is 0.550 bits per heavy atom. The quantitative estimate of drug-likeness (QED) is 0.436. The van der Waals surface area contributed by atoms with E-state index in [1.807, 2.05) is 23.5 Å². The first kappa shape index (κ1) is 13.6. The van der Waals surface area contributed by atoms with Gasteiger partial charge in [0.15, 0.2) is 0 Å². The minimum Gasteiger partial charge on any atom is -0.125 e. The molecular formula is C18H16S2. The summed E-state index contributed by atoms with van der Waals surface area (Å²) in [5.41, 5.74) is 0. The Morgan fingerprint density at radius 2 is 1.20 bits per heavy atom. The highest BCUT2D eigenvalue weighted by atomic mass is 32.2. The molecule has 3 aromatic carbocycles. The Bertz CT molecular complexity index is 677. The van der Waals surface area contributed by atoms with Crippen LogP contribution in [0.1, 0.15) is 0 Å². The van der Waals surface area contributed by atoms with Crippen LogP contribution in [0.15, 0.2) is 82.6 Å². The average molecular weight is 296 g/mol. The van der Waals surface area contributed by atoms with Crippen LogP contribution in [0.2, 0.25) is 0 Å². The van der Waals surface area contributed by atoms with Gasteiger partial charge in [0.2, 0.25) is 0 Å². The predicted molar refractivity (Wildman–Crippen MR) is 91.8 cm³/mol. The molecule has 0 aliphatic carbocycles. The smallest absolute Gasteiger partial charge is 0.00786 e. The van der Waals surface area contributed by atoms with E-state index in [1.165, 1.54) is 20.6 Å². The molecule has 0 aliphatic heterocycles. The summed E-state index contributed by atoms with van der Waals surface area (Å²) in [5, 5.41) is 2.64. The largest absolute Gasteiger partial charge is 0.125 e. The summed E-state index contributed by atoms with van der Waals surface area (Å²) in [4.78, 5) is 2.71. The molecule has 0 bridgehead atoms. The van der Waals surface area contributed by atoms with Gasteiger partial charge >= 0.3 is 0 Å². The minimum absolute atomic E-state index is 1.14. The van der Waals surface area contributed by atoms with Gasteiger partial charge in [0.1, 0.15) is 0 Å². The molecule has 0 amide bonds. The van der Waals surface area contributed by atoms with Crippen molar-refractivity contribution >= 4 is 34.3 Å². The lowest BCUT2D eigenvalue weighted by atomic mass is 10.1. The van der Waals surface area contributed by atoms with Gasteiger partial charge in [0.05, 0.1) is 0 Å². The van der Waals surface area contributed by atoms with E-state index in [2.05, 4.69) is 72.8 Å². The Morgan fingerprint density at radius 3 is 2.00 bits per heavy atom. The molecule has 0 heterocycles. The molecule has 0 saturated heterocycles. The molecule has 3 rings (SSSR count). The van der Waals surface area contributed by atoms with Crippen molar-refractivity contribution in [2.45, 2.75) is 9.79 Å². The van der Waals surface area contributed by atoms with Crippen molar-refractivity contribution in [2.24, 2.45) is 0 Å². The van der Waals surface area contributed by atoms with Gasteiger partial charge in [-0.1, -0.05) is 48.5 Å². The molecule has 0 N–H and O–H groups in total. The maximum Gasteiger partial charge on any atom is 0.00786 e. The van der Waals surface area contributed by atoms with Gasteiger partial charge in [-0.2, -0.15) is 0 Å². The highest BCUT2D eigenvalue weighted by Crippen LogP contribution is 2.25. The molecule has 0 atom stereocenters. The van der Waals surface area contributed by atoms with Crippen LogP contribution >= 0.6 is 23.5 Å². The fraction of sp³-hybridized carbons (Fsp3) is 0.111. The van der Waals surface area contributed by atoms with Gasteiger partial charge in [0, 0.05) is 21.3 Å². The maximum absolute atomic E-state index is 2.28. The molecule has 2 heteroatoms. The van der Waals surface area contributed by atoms with Crippen molar-refractivity contribution < 1.29 is 0 Å². The van der Waals surface area contributed by atoms with Gasteiger partial charge < -0.3 is 0 Å². The van der Waals surface area contributed by atoms with Gasteiger partial charge in [-0.05, 0) is 35.0 Å². The van der Waals surface area contributed by atoms with E-state index in [4.69, 9.17) is 0 Å². The summed E-state index contributed by atoms with van der Waals surface area (Å²) in [5.74, 6) is 2.28. The number of fused-ring (bicyclic) bond motifs is 1. The molecule has 0 nitrogen and oxygen atoms in total. The molecule has 0 aromatic heterocycles. The summed E-state index contributed by atoms with van der Waals surface area (Å²) >= 11 is 3.86. The number of thioether (sulfide) groups is 2. The molecular weight excluding hydrogens is 280 g/mol. The van der Waals surface area contributed by atoms with Crippen LogP contribution in [0.25, 0.3) is 10.8 Å². The lowest BCUT2D eigenvalue weighted by Crippen LogP contribution is -1.84. The highest BCUT2D eigenvalue weighted by molar-refractivity contribution is 8.03. The Balaban J connectivity index is 1.55. The summed E-state index contributed by atoms with van der Waals surface area (Å²) in [6, 6.07) is 25.8. The number of hydrogen-bond acceptors (Lipinski definition) is 2. The van der Waals surface area contributed by atoms with Gasteiger partial charge in [-0.3, -0.25) is 0 Å². The lowest BCUT2D eigenvalue weighted by molar-refractivity contribution is 1.42. The predicted octanol–water partition coefficient (Wildman–Crippen LogP) is 5.72. The van der Waals surface area contributed by atoms with Crippen molar-refractivity contribution in [2.75, 3.05) is 11.5 Å². The molecule has 0 spiro atoms. The summed E-state index contributed by atoms with van der Waals surface area (Å²) in [6.45, 7) is 0. The Kier molecular flexibility index (Phi) is 4.67. The van der Waals surface area contributed by atoms with Crippen LogP contribution in [0.3, 0.4) is 0 Å². The standard InChI is InChI=1S/C18H16S2/c1-2-8-17(9-3-1)19-12-13-20-18-11-10-15-6-4-5-7-16(15)14-18/h1-11,14H,12-13H2. The van der Waals surface area contributed by atoms with E-state index in [0.29, 0.717) is 0 Å². The Hall–Kier alpha value is -1.38. The van der Waals surface area contributed by atoms with Crippen molar-refractivity contribution in [3.05, 3.63) is 72.8 Å². The molecule has 0 saturated carbocycles. The zero-order valence-electron chi connectivity index (χ0n) is 11.2. The zero-order chi connectivity index (χ0) is 13.6. The fourth-order valence-electron chi connectivity index (χ4n) is 2.09. The van der Waals surface area contributed by atoms with Crippen LogP contribution in [-0.2, 0) is 0 Å². The van der Waals surface area contributed by atoms with E-state index in [1.54, 1.807) is 0 Å². The lowest BCUT2D eigenvalue weighted by Gasteiger charge is -2.04. The van der Waals surface area contributed by atoms with Crippen LogP contribution in [0.4, 0.5) is 0 Å². The van der Waals surface area contributed by atoms with Gasteiger partial charge in [-0.25, -0.2) is 0 Å². The number of hydrogen-bond donors (Lipinski definition) is 0. The van der Waals surface area contributed by atoms with E-state index in [-0.39, 0.29) is 0 Å². The van der Waals surface area contributed by atoms with E-state index < -0.39 is 0 Å². The third kappa shape index (κ3) is 3.59.